The fourth-order valence-electron chi connectivity index (χ4n) is 3.96. The number of hydrogen-bond acceptors (Lipinski definition) is 0. The van der Waals surface area contributed by atoms with Gasteiger partial charge < -0.3 is 0 Å². The SMILES string of the molecule is CCCCCc1ccc(/C=C/C#C/C=C/[C@H]2CC[C@H](CCCC)CC2)cc1. The van der Waals surface area contributed by atoms with Gasteiger partial charge in [-0.1, -0.05) is 88.1 Å². The minimum absolute atomic E-state index is 0.751. The van der Waals surface area contributed by atoms with E-state index in [2.05, 4.69) is 68.2 Å². The molecule has 0 heteroatoms. The van der Waals surface area contributed by atoms with Gasteiger partial charge in [0.1, 0.15) is 0 Å². The van der Waals surface area contributed by atoms with Crippen LogP contribution in [-0.4, -0.2) is 0 Å². The first kappa shape index (κ1) is 21.6. The van der Waals surface area contributed by atoms with Crippen molar-refractivity contribution in [2.24, 2.45) is 11.8 Å². The molecule has 0 saturated heterocycles. The summed E-state index contributed by atoms with van der Waals surface area (Å²) in [4.78, 5) is 0. The predicted octanol–water partition coefficient (Wildman–Crippen LogP) is 7.99. The molecule has 0 N–H and O–H groups in total. The molecule has 1 saturated carbocycles. The van der Waals surface area contributed by atoms with Crippen LogP contribution >= 0.6 is 0 Å². The van der Waals surface area contributed by atoms with Crippen molar-refractivity contribution in [3.8, 4) is 11.8 Å². The van der Waals surface area contributed by atoms with Gasteiger partial charge in [-0.25, -0.2) is 0 Å². The van der Waals surface area contributed by atoms with Crippen LogP contribution in [0.2, 0.25) is 0 Å². The van der Waals surface area contributed by atoms with Crippen LogP contribution in [0.4, 0.5) is 0 Å². The molecule has 0 amide bonds. The number of rotatable bonds is 9. The van der Waals surface area contributed by atoms with Crippen LogP contribution in [0, 0.1) is 23.7 Å². The summed E-state index contributed by atoms with van der Waals surface area (Å²) >= 11 is 0. The van der Waals surface area contributed by atoms with Crippen molar-refractivity contribution in [3.05, 3.63) is 53.6 Å². The number of unbranched alkanes of at least 4 members (excludes halogenated alkanes) is 3. The lowest BCUT2D eigenvalue weighted by Crippen LogP contribution is -2.12. The molecule has 1 aliphatic carbocycles. The van der Waals surface area contributed by atoms with Crippen molar-refractivity contribution in [2.75, 3.05) is 0 Å². The zero-order chi connectivity index (χ0) is 19.2. The van der Waals surface area contributed by atoms with Crippen molar-refractivity contribution in [3.63, 3.8) is 0 Å². The maximum atomic E-state index is 3.18. The highest BCUT2D eigenvalue weighted by Gasteiger charge is 2.18. The van der Waals surface area contributed by atoms with Crippen molar-refractivity contribution in [2.45, 2.75) is 84.5 Å². The Hall–Kier alpha value is -1.74. The van der Waals surface area contributed by atoms with Crippen molar-refractivity contribution >= 4 is 6.08 Å². The molecule has 2 rings (SSSR count). The summed E-state index contributed by atoms with van der Waals surface area (Å²) in [6, 6.07) is 8.90. The van der Waals surface area contributed by atoms with Gasteiger partial charge >= 0.3 is 0 Å². The van der Waals surface area contributed by atoms with Crippen LogP contribution in [-0.2, 0) is 6.42 Å². The van der Waals surface area contributed by atoms with Crippen molar-refractivity contribution in [1.29, 1.82) is 0 Å². The Morgan fingerprint density at radius 3 is 2.26 bits per heavy atom. The fraction of sp³-hybridized carbons (Fsp3) is 0.556. The Bertz CT molecular complexity index is 612. The predicted molar refractivity (Wildman–Crippen MR) is 121 cm³/mol. The van der Waals surface area contributed by atoms with Gasteiger partial charge in [0.25, 0.3) is 0 Å². The molecule has 0 heterocycles. The number of hydrogen-bond donors (Lipinski definition) is 0. The second-order valence-electron chi connectivity index (χ2n) is 8.10. The van der Waals surface area contributed by atoms with E-state index < -0.39 is 0 Å². The van der Waals surface area contributed by atoms with E-state index in [1.807, 2.05) is 6.08 Å². The summed E-state index contributed by atoms with van der Waals surface area (Å²) in [5, 5.41) is 0. The molecule has 0 aromatic heterocycles. The normalized spacial score (nSPS) is 20.1. The highest BCUT2D eigenvalue weighted by molar-refractivity contribution is 5.53. The van der Waals surface area contributed by atoms with Gasteiger partial charge in [-0.05, 0) is 79.7 Å². The summed E-state index contributed by atoms with van der Waals surface area (Å²) in [6.07, 6.45) is 23.3. The molecule has 0 atom stereocenters. The van der Waals surface area contributed by atoms with E-state index in [1.165, 1.54) is 81.8 Å². The smallest absolute Gasteiger partial charge is 0.0109 e. The highest BCUT2D eigenvalue weighted by Crippen LogP contribution is 2.32. The average Bonchev–Trinajstić information content (AvgIpc) is 2.71. The molecule has 0 unspecified atom stereocenters. The molecule has 0 spiro atoms. The zero-order valence-electron chi connectivity index (χ0n) is 17.6. The Kier molecular flexibility index (Phi) is 10.7. The van der Waals surface area contributed by atoms with Crippen LogP contribution in [0.1, 0.15) is 89.2 Å². The molecule has 0 bridgehead atoms. The summed E-state index contributed by atoms with van der Waals surface area (Å²) in [7, 11) is 0. The fourth-order valence-corrected chi connectivity index (χ4v) is 3.96. The van der Waals surface area contributed by atoms with E-state index in [-0.39, 0.29) is 0 Å². The van der Waals surface area contributed by atoms with Crippen molar-refractivity contribution in [1.82, 2.24) is 0 Å². The Morgan fingerprint density at radius 2 is 1.56 bits per heavy atom. The molecule has 1 aromatic carbocycles. The molecule has 1 aliphatic rings. The van der Waals surface area contributed by atoms with Gasteiger partial charge in [0.15, 0.2) is 0 Å². The third-order valence-corrected chi connectivity index (χ3v) is 5.80. The van der Waals surface area contributed by atoms with Gasteiger partial charge in [-0.15, -0.1) is 0 Å². The van der Waals surface area contributed by atoms with Crippen LogP contribution < -0.4 is 0 Å². The molecule has 0 aliphatic heterocycles. The molecule has 0 radical (unpaired) electrons. The first-order valence-corrected chi connectivity index (χ1v) is 11.2. The second-order valence-corrected chi connectivity index (χ2v) is 8.10. The molecule has 146 valence electrons. The molecule has 27 heavy (non-hydrogen) atoms. The largest absolute Gasteiger partial charge is 0.0730 e. The first-order valence-electron chi connectivity index (χ1n) is 11.2. The first-order chi connectivity index (χ1) is 13.3. The van der Waals surface area contributed by atoms with Crippen LogP contribution in [0.5, 0.6) is 0 Å². The molecular weight excluding hydrogens is 324 g/mol. The van der Waals surface area contributed by atoms with E-state index in [0.29, 0.717) is 0 Å². The molecule has 1 fully saturated rings. The number of allylic oxidation sites excluding steroid dienone is 3. The molecule has 0 nitrogen and oxygen atoms in total. The minimum atomic E-state index is 0.751. The van der Waals surface area contributed by atoms with Gasteiger partial charge in [0.2, 0.25) is 0 Å². The van der Waals surface area contributed by atoms with Crippen molar-refractivity contribution < 1.29 is 0 Å². The summed E-state index contributed by atoms with van der Waals surface area (Å²) in [5.74, 6) is 8.07. The van der Waals surface area contributed by atoms with Crippen LogP contribution in [0.3, 0.4) is 0 Å². The van der Waals surface area contributed by atoms with Crippen LogP contribution in [0.25, 0.3) is 6.08 Å². The summed E-state index contributed by atoms with van der Waals surface area (Å²) in [6.45, 7) is 4.55. The topological polar surface area (TPSA) is 0 Å². The van der Waals surface area contributed by atoms with Gasteiger partial charge in [0, 0.05) is 0 Å². The maximum Gasteiger partial charge on any atom is -0.0109 e. The van der Waals surface area contributed by atoms with Crippen LogP contribution in [0.15, 0.2) is 42.5 Å². The highest BCUT2D eigenvalue weighted by atomic mass is 14.2. The summed E-state index contributed by atoms with van der Waals surface area (Å²) in [5.41, 5.74) is 2.68. The van der Waals surface area contributed by atoms with Gasteiger partial charge in [0.05, 0.1) is 0 Å². The third kappa shape index (κ3) is 9.14. The average molecular weight is 363 g/mol. The quantitative estimate of drug-likeness (QED) is 0.308. The van der Waals surface area contributed by atoms with E-state index in [0.717, 1.165) is 11.8 Å². The summed E-state index contributed by atoms with van der Waals surface area (Å²) < 4.78 is 0. The number of aryl methyl sites for hydroxylation is 1. The van der Waals surface area contributed by atoms with Gasteiger partial charge in [-0.3, -0.25) is 0 Å². The Balaban J connectivity index is 1.68. The Morgan fingerprint density at radius 1 is 0.852 bits per heavy atom. The lowest BCUT2D eigenvalue weighted by molar-refractivity contribution is 0.291. The molecule has 1 aromatic rings. The van der Waals surface area contributed by atoms with E-state index in [1.54, 1.807) is 0 Å². The Labute approximate surface area is 168 Å². The van der Waals surface area contributed by atoms with E-state index in [9.17, 15) is 0 Å². The van der Waals surface area contributed by atoms with E-state index >= 15 is 0 Å². The molecular formula is C27H38. The van der Waals surface area contributed by atoms with Gasteiger partial charge in [-0.2, -0.15) is 0 Å². The third-order valence-electron chi connectivity index (χ3n) is 5.80. The zero-order valence-corrected chi connectivity index (χ0v) is 17.6. The second kappa shape index (κ2) is 13.4. The standard InChI is InChI=1S/C27H38/c1-3-5-9-13-25-20-22-27(23-21-25)15-11-8-7-10-14-26-18-16-24(17-19-26)12-6-4-2/h10-11,14-15,20-24,26H,3-6,9,12-13,16-19H2,1-2H3/b14-10+,15-11+/t24-,26-. The maximum absolute atomic E-state index is 3.18. The van der Waals surface area contributed by atoms with E-state index in [4.69, 9.17) is 0 Å². The minimum Gasteiger partial charge on any atom is -0.0730 e. The number of benzene rings is 1. The lowest BCUT2D eigenvalue weighted by atomic mass is 9.80. The lowest BCUT2D eigenvalue weighted by Gasteiger charge is -2.26. The monoisotopic (exact) mass is 362 g/mol.